The van der Waals surface area contributed by atoms with E-state index in [2.05, 4.69) is 10.6 Å². The Morgan fingerprint density at radius 3 is 2.23 bits per heavy atom. The van der Waals surface area contributed by atoms with Crippen molar-refractivity contribution in [3.8, 4) is 0 Å². The molecule has 1 aliphatic rings. The zero-order valence-electron chi connectivity index (χ0n) is 14.3. The van der Waals surface area contributed by atoms with Crippen molar-refractivity contribution in [2.75, 3.05) is 5.32 Å². The number of amides is 2. The van der Waals surface area contributed by atoms with Crippen molar-refractivity contribution in [1.29, 1.82) is 0 Å². The van der Waals surface area contributed by atoms with Crippen molar-refractivity contribution in [3.05, 3.63) is 65.5 Å². The molecule has 2 aromatic carbocycles. The fraction of sp³-hybridized carbons (Fsp3) is 0.250. The van der Waals surface area contributed by atoms with E-state index in [1.165, 1.54) is 13.0 Å². The standard InChI is InChI=1S/C20H19FN2O3/c1-13(24)14-6-8-16(9-7-14)23-19(26)20(10-11-20)18(25)22-12-15-4-2-3-5-17(15)21/h2-9H,10-12H2,1H3,(H,22,25)(H,23,26). The average molecular weight is 354 g/mol. The summed E-state index contributed by atoms with van der Waals surface area (Å²) in [5.74, 6) is -1.25. The minimum atomic E-state index is -1.11. The SMILES string of the molecule is CC(=O)c1ccc(NC(=O)C2(C(=O)NCc3ccccc3F)CC2)cc1. The Morgan fingerprint density at radius 2 is 1.65 bits per heavy atom. The maximum absolute atomic E-state index is 13.6. The Bertz CT molecular complexity index is 858. The minimum absolute atomic E-state index is 0.0356. The average Bonchev–Trinajstić information content (AvgIpc) is 3.43. The van der Waals surface area contributed by atoms with Gasteiger partial charge in [-0.05, 0) is 50.1 Å². The Labute approximate surface area is 150 Å². The Hall–Kier alpha value is -3.02. The fourth-order valence-electron chi connectivity index (χ4n) is 2.71. The van der Waals surface area contributed by atoms with E-state index in [-0.39, 0.29) is 18.2 Å². The molecule has 134 valence electrons. The second kappa shape index (κ2) is 7.07. The first kappa shape index (κ1) is 17.8. The second-order valence-corrected chi connectivity index (χ2v) is 6.44. The van der Waals surface area contributed by atoms with Crippen LogP contribution in [0, 0.1) is 11.2 Å². The number of rotatable bonds is 6. The lowest BCUT2D eigenvalue weighted by Crippen LogP contribution is -2.39. The number of Topliss-reactive ketones (excluding diaryl/α,β-unsaturated/α-hetero) is 1. The van der Waals surface area contributed by atoms with Gasteiger partial charge in [0.15, 0.2) is 5.78 Å². The summed E-state index contributed by atoms with van der Waals surface area (Å²) in [5.41, 5.74) is 0.335. The predicted octanol–water partition coefficient (Wildman–Crippen LogP) is 3.06. The topological polar surface area (TPSA) is 75.3 Å². The summed E-state index contributed by atoms with van der Waals surface area (Å²) in [6.45, 7) is 1.50. The highest BCUT2D eigenvalue weighted by atomic mass is 19.1. The normalized spacial score (nSPS) is 14.4. The van der Waals surface area contributed by atoms with E-state index in [1.54, 1.807) is 42.5 Å². The van der Waals surface area contributed by atoms with Crippen LogP contribution in [-0.4, -0.2) is 17.6 Å². The van der Waals surface area contributed by atoms with Crippen LogP contribution in [0.4, 0.5) is 10.1 Å². The van der Waals surface area contributed by atoms with Gasteiger partial charge in [0, 0.05) is 23.4 Å². The maximum atomic E-state index is 13.6. The van der Waals surface area contributed by atoms with E-state index in [4.69, 9.17) is 0 Å². The van der Waals surface area contributed by atoms with Gasteiger partial charge in [0.25, 0.3) is 0 Å². The van der Waals surface area contributed by atoms with Gasteiger partial charge >= 0.3 is 0 Å². The number of anilines is 1. The molecule has 26 heavy (non-hydrogen) atoms. The highest BCUT2D eigenvalue weighted by Crippen LogP contribution is 2.46. The van der Waals surface area contributed by atoms with Gasteiger partial charge in [-0.25, -0.2) is 4.39 Å². The molecular formula is C20H19FN2O3. The molecule has 2 N–H and O–H groups in total. The fourth-order valence-corrected chi connectivity index (χ4v) is 2.71. The number of carbonyl (C=O) groups is 3. The third-order valence-corrected chi connectivity index (χ3v) is 4.57. The van der Waals surface area contributed by atoms with E-state index in [0.717, 1.165) is 0 Å². The van der Waals surface area contributed by atoms with Gasteiger partial charge in [-0.2, -0.15) is 0 Å². The quantitative estimate of drug-likeness (QED) is 0.618. The first-order chi connectivity index (χ1) is 12.4. The number of hydrogen-bond donors (Lipinski definition) is 2. The zero-order chi connectivity index (χ0) is 18.7. The van der Waals surface area contributed by atoms with Crippen LogP contribution in [0.15, 0.2) is 48.5 Å². The van der Waals surface area contributed by atoms with Crippen LogP contribution in [0.1, 0.15) is 35.7 Å². The summed E-state index contributed by atoms with van der Waals surface area (Å²) >= 11 is 0. The molecule has 1 fully saturated rings. The molecule has 0 aromatic heterocycles. The largest absolute Gasteiger partial charge is 0.351 e. The highest BCUT2D eigenvalue weighted by molar-refractivity contribution is 6.13. The monoisotopic (exact) mass is 354 g/mol. The predicted molar refractivity (Wildman–Crippen MR) is 95.0 cm³/mol. The second-order valence-electron chi connectivity index (χ2n) is 6.44. The first-order valence-corrected chi connectivity index (χ1v) is 8.36. The van der Waals surface area contributed by atoms with Crippen LogP contribution >= 0.6 is 0 Å². The van der Waals surface area contributed by atoms with E-state index in [0.29, 0.717) is 29.7 Å². The zero-order valence-corrected chi connectivity index (χ0v) is 14.3. The van der Waals surface area contributed by atoms with Crippen LogP contribution in [0.3, 0.4) is 0 Å². The maximum Gasteiger partial charge on any atom is 0.240 e. The molecule has 6 heteroatoms. The number of carbonyl (C=O) groups excluding carboxylic acids is 3. The van der Waals surface area contributed by atoms with Crippen LogP contribution in [0.5, 0.6) is 0 Å². The van der Waals surface area contributed by atoms with Crippen molar-refractivity contribution in [2.45, 2.75) is 26.3 Å². The molecule has 0 bridgehead atoms. The van der Waals surface area contributed by atoms with E-state index in [9.17, 15) is 18.8 Å². The molecule has 0 spiro atoms. The van der Waals surface area contributed by atoms with E-state index in [1.807, 2.05) is 0 Å². The smallest absolute Gasteiger partial charge is 0.240 e. The third kappa shape index (κ3) is 3.64. The Balaban J connectivity index is 1.62. The van der Waals surface area contributed by atoms with Crippen LogP contribution in [0.2, 0.25) is 0 Å². The molecule has 3 rings (SSSR count). The van der Waals surface area contributed by atoms with E-state index < -0.39 is 17.1 Å². The van der Waals surface area contributed by atoms with Gasteiger partial charge in [0.1, 0.15) is 11.2 Å². The van der Waals surface area contributed by atoms with Crippen molar-refractivity contribution >= 4 is 23.3 Å². The van der Waals surface area contributed by atoms with Crippen molar-refractivity contribution < 1.29 is 18.8 Å². The van der Waals surface area contributed by atoms with E-state index >= 15 is 0 Å². The number of benzene rings is 2. The molecule has 0 unspecified atom stereocenters. The van der Waals surface area contributed by atoms with Gasteiger partial charge in [-0.1, -0.05) is 18.2 Å². The molecule has 0 heterocycles. The minimum Gasteiger partial charge on any atom is -0.351 e. The van der Waals surface area contributed by atoms with Crippen LogP contribution < -0.4 is 10.6 Å². The van der Waals surface area contributed by atoms with Crippen LogP contribution in [0.25, 0.3) is 0 Å². The lowest BCUT2D eigenvalue weighted by atomic mass is 10.0. The van der Waals surface area contributed by atoms with Gasteiger partial charge in [-0.3, -0.25) is 14.4 Å². The van der Waals surface area contributed by atoms with Crippen molar-refractivity contribution in [2.24, 2.45) is 5.41 Å². The number of halogens is 1. The molecule has 1 aliphatic carbocycles. The molecule has 5 nitrogen and oxygen atoms in total. The summed E-state index contributed by atoms with van der Waals surface area (Å²) < 4.78 is 13.6. The summed E-state index contributed by atoms with van der Waals surface area (Å²) in [5, 5.41) is 5.37. The van der Waals surface area contributed by atoms with Gasteiger partial charge in [0.2, 0.25) is 11.8 Å². The molecule has 2 amide bonds. The third-order valence-electron chi connectivity index (χ3n) is 4.57. The Kier molecular flexibility index (Phi) is 4.84. The molecule has 0 saturated heterocycles. The molecular weight excluding hydrogens is 335 g/mol. The number of ketones is 1. The highest BCUT2D eigenvalue weighted by Gasteiger charge is 2.56. The molecule has 2 aromatic rings. The summed E-state index contributed by atoms with van der Waals surface area (Å²) in [6.07, 6.45) is 0.904. The number of nitrogens with one attached hydrogen (secondary N) is 2. The summed E-state index contributed by atoms with van der Waals surface area (Å²) in [6, 6.07) is 12.7. The van der Waals surface area contributed by atoms with Gasteiger partial charge < -0.3 is 10.6 Å². The lowest BCUT2D eigenvalue weighted by molar-refractivity contribution is -0.134. The van der Waals surface area contributed by atoms with Crippen LogP contribution in [-0.2, 0) is 16.1 Å². The van der Waals surface area contributed by atoms with Crippen molar-refractivity contribution in [3.63, 3.8) is 0 Å². The molecule has 0 aliphatic heterocycles. The molecule has 1 saturated carbocycles. The summed E-state index contributed by atoms with van der Waals surface area (Å²) in [4.78, 5) is 36.3. The lowest BCUT2D eigenvalue weighted by Gasteiger charge is -2.16. The molecule has 0 atom stereocenters. The van der Waals surface area contributed by atoms with Gasteiger partial charge in [-0.15, -0.1) is 0 Å². The number of hydrogen-bond acceptors (Lipinski definition) is 3. The Morgan fingerprint density at radius 1 is 1.00 bits per heavy atom. The first-order valence-electron chi connectivity index (χ1n) is 8.36. The van der Waals surface area contributed by atoms with Gasteiger partial charge in [0.05, 0.1) is 0 Å². The summed E-state index contributed by atoms with van der Waals surface area (Å²) in [7, 11) is 0. The molecule has 0 radical (unpaired) electrons. The van der Waals surface area contributed by atoms with Crippen molar-refractivity contribution in [1.82, 2.24) is 5.32 Å².